The molecule has 4 rings (SSSR count). The predicted octanol–water partition coefficient (Wildman–Crippen LogP) is 4.76. The molecule has 0 spiro atoms. The fraction of sp³-hybridized carbons (Fsp3) is 0.500. The Bertz CT molecular complexity index is 758. The zero-order chi connectivity index (χ0) is 18.1. The SMILES string of the molecule is CN(c1ccnc(C2CC2)n1)C1CCCN(Cc2cc(Cl)cc(Cl)c2)C1. The third kappa shape index (κ3) is 4.30. The number of anilines is 1. The maximum absolute atomic E-state index is 6.15. The molecular formula is C20H24Cl2N4. The van der Waals surface area contributed by atoms with Gasteiger partial charge in [-0.1, -0.05) is 23.2 Å². The highest BCUT2D eigenvalue weighted by atomic mass is 35.5. The molecule has 1 aliphatic carbocycles. The van der Waals surface area contributed by atoms with Crippen LogP contribution in [0, 0.1) is 0 Å². The van der Waals surface area contributed by atoms with Crippen molar-refractivity contribution in [3.05, 3.63) is 51.9 Å². The van der Waals surface area contributed by atoms with Crippen LogP contribution >= 0.6 is 23.2 Å². The number of aromatic nitrogens is 2. The van der Waals surface area contributed by atoms with Crippen LogP contribution in [0.1, 0.15) is 43.0 Å². The van der Waals surface area contributed by atoms with Crippen LogP contribution in [0.3, 0.4) is 0 Å². The van der Waals surface area contributed by atoms with E-state index in [1.807, 2.05) is 24.4 Å². The lowest BCUT2D eigenvalue weighted by atomic mass is 10.0. The van der Waals surface area contributed by atoms with Gasteiger partial charge in [0, 0.05) is 48.3 Å². The van der Waals surface area contributed by atoms with Crippen molar-refractivity contribution in [1.29, 1.82) is 0 Å². The molecule has 1 saturated heterocycles. The summed E-state index contributed by atoms with van der Waals surface area (Å²) in [6.07, 6.45) is 6.73. The van der Waals surface area contributed by atoms with E-state index in [0.717, 1.165) is 31.3 Å². The Kier molecular flexibility index (Phi) is 5.35. The maximum atomic E-state index is 6.15. The van der Waals surface area contributed by atoms with Gasteiger partial charge in [-0.15, -0.1) is 0 Å². The van der Waals surface area contributed by atoms with Crippen LogP contribution in [0.25, 0.3) is 0 Å². The van der Waals surface area contributed by atoms with Crippen LogP contribution in [0.5, 0.6) is 0 Å². The number of rotatable bonds is 5. The summed E-state index contributed by atoms with van der Waals surface area (Å²) in [4.78, 5) is 14.1. The molecular weight excluding hydrogens is 367 g/mol. The van der Waals surface area contributed by atoms with Crippen molar-refractivity contribution in [2.24, 2.45) is 0 Å². The zero-order valence-electron chi connectivity index (χ0n) is 15.0. The van der Waals surface area contributed by atoms with Gasteiger partial charge in [0.2, 0.25) is 0 Å². The summed E-state index contributed by atoms with van der Waals surface area (Å²) in [6.45, 7) is 3.00. The molecule has 138 valence electrons. The molecule has 0 bridgehead atoms. The smallest absolute Gasteiger partial charge is 0.133 e. The minimum atomic E-state index is 0.459. The zero-order valence-corrected chi connectivity index (χ0v) is 16.5. The molecule has 2 aliphatic rings. The van der Waals surface area contributed by atoms with E-state index in [4.69, 9.17) is 28.2 Å². The Morgan fingerprint density at radius 2 is 1.92 bits per heavy atom. The third-order valence-corrected chi connectivity index (χ3v) is 5.76. The van der Waals surface area contributed by atoms with Gasteiger partial charge < -0.3 is 4.90 Å². The van der Waals surface area contributed by atoms with Crippen LogP contribution < -0.4 is 4.90 Å². The Balaban J connectivity index is 1.43. The van der Waals surface area contributed by atoms with Gasteiger partial charge in [0.15, 0.2) is 0 Å². The molecule has 2 heterocycles. The Morgan fingerprint density at radius 1 is 1.15 bits per heavy atom. The largest absolute Gasteiger partial charge is 0.355 e. The number of halogens is 2. The first-order valence-corrected chi connectivity index (χ1v) is 10.1. The van der Waals surface area contributed by atoms with E-state index in [0.29, 0.717) is 22.0 Å². The van der Waals surface area contributed by atoms with Crippen LogP contribution in [-0.2, 0) is 6.54 Å². The minimum absolute atomic E-state index is 0.459. The second-order valence-corrected chi connectivity index (χ2v) is 8.34. The molecule has 4 nitrogen and oxygen atoms in total. The standard InChI is InChI=1S/C20H24Cl2N4/c1-25(19-6-7-23-20(24-19)15-4-5-15)18-3-2-8-26(13-18)12-14-9-16(21)11-17(22)10-14/h6-7,9-11,15,18H,2-5,8,12-13H2,1H3. The van der Waals surface area contributed by atoms with Crippen molar-refractivity contribution >= 4 is 29.0 Å². The van der Waals surface area contributed by atoms with Crippen molar-refractivity contribution < 1.29 is 0 Å². The summed E-state index contributed by atoms with van der Waals surface area (Å²) in [7, 11) is 2.16. The highest BCUT2D eigenvalue weighted by Gasteiger charge is 2.28. The number of piperidine rings is 1. The van der Waals surface area contributed by atoms with Crippen LogP contribution in [0.4, 0.5) is 5.82 Å². The summed E-state index contributed by atoms with van der Waals surface area (Å²) in [6, 6.07) is 8.29. The monoisotopic (exact) mass is 390 g/mol. The fourth-order valence-corrected chi connectivity index (χ4v) is 4.31. The molecule has 1 aliphatic heterocycles. The van der Waals surface area contributed by atoms with Gasteiger partial charge in [-0.2, -0.15) is 0 Å². The van der Waals surface area contributed by atoms with E-state index in [9.17, 15) is 0 Å². The summed E-state index contributed by atoms with van der Waals surface area (Å²) in [5, 5.41) is 1.40. The number of hydrogen-bond acceptors (Lipinski definition) is 4. The number of likely N-dealkylation sites (tertiary alicyclic amines) is 1. The molecule has 26 heavy (non-hydrogen) atoms. The van der Waals surface area contributed by atoms with Gasteiger partial charge in [0.25, 0.3) is 0 Å². The van der Waals surface area contributed by atoms with E-state index < -0.39 is 0 Å². The summed E-state index contributed by atoms with van der Waals surface area (Å²) in [5.74, 6) is 2.63. The predicted molar refractivity (Wildman–Crippen MR) is 107 cm³/mol. The maximum Gasteiger partial charge on any atom is 0.133 e. The van der Waals surface area contributed by atoms with Crippen molar-refractivity contribution in [3.63, 3.8) is 0 Å². The summed E-state index contributed by atoms with van der Waals surface area (Å²) in [5.41, 5.74) is 1.17. The minimum Gasteiger partial charge on any atom is -0.355 e. The Hall–Kier alpha value is -1.36. The fourth-order valence-electron chi connectivity index (χ4n) is 3.74. The molecule has 2 fully saturated rings. The Labute approximate surface area is 165 Å². The molecule has 1 unspecified atom stereocenters. The Morgan fingerprint density at radius 3 is 2.65 bits per heavy atom. The van der Waals surface area contributed by atoms with Crippen molar-refractivity contribution in [3.8, 4) is 0 Å². The first-order chi connectivity index (χ1) is 12.6. The van der Waals surface area contributed by atoms with Gasteiger partial charge in [0.1, 0.15) is 11.6 Å². The van der Waals surface area contributed by atoms with Gasteiger partial charge in [-0.05, 0) is 62.1 Å². The van der Waals surface area contributed by atoms with Crippen LogP contribution in [0.2, 0.25) is 10.0 Å². The average Bonchev–Trinajstić information content (AvgIpc) is 3.46. The number of benzene rings is 1. The van der Waals surface area contributed by atoms with Gasteiger partial charge in [-0.25, -0.2) is 9.97 Å². The molecule has 1 aromatic heterocycles. The van der Waals surface area contributed by atoms with Gasteiger partial charge >= 0.3 is 0 Å². The lowest BCUT2D eigenvalue weighted by Crippen LogP contribution is -2.46. The normalized spacial score (nSPS) is 21.0. The highest BCUT2D eigenvalue weighted by molar-refractivity contribution is 6.34. The number of hydrogen-bond donors (Lipinski definition) is 0. The second kappa shape index (κ2) is 7.71. The topological polar surface area (TPSA) is 32.3 Å². The van der Waals surface area contributed by atoms with E-state index in [1.165, 1.54) is 31.2 Å². The molecule has 0 amide bonds. The quantitative estimate of drug-likeness (QED) is 0.736. The lowest BCUT2D eigenvalue weighted by Gasteiger charge is -2.38. The summed E-state index contributed by atoms with van der Waals surface area (Å²) >= 11 is 12.3. The van der Waals surface area contributed by atoms with Crippen molar-refractivity contribution in [1.82, 2.24) is 14.9 Å². The second-order valence-electron chi connectivity index (χ2n) is 7.47. The number of nitrogens with zero attached hydrogens (tertiary/aromatic N) is 4. The molecule has 0 radical (unpaired) electrons. The molecule has 2 aromatic rings. The molecule has 6 heteroatoms. The first-order valence-electron chi connectivity index (χ1n) is 9.31. The molecule has 0 N–H and O–H groups in total. The third-order valence-electron chi connectivity index (χ3n) is 5.32. The van der Waals surface area contributed by atoms with E-state index >= 15 is 0 Å². The molecule has 1 atom stereocenters. The van der Waals surface area contributed by atoms with Crippen LogP contribution in [-0.4, -0.2) is 41.0 Å². The lowest BCUT2D eigenvalue weighted by molar-refractivity contribution is 0.198. The van der Waals surface area contributed by atoms with Crippen molar-refractivity contribution in [2.45, 2.75) is 44.2 Å². The highest BCUT2D eigenvalue weighted by Crippen LogP contribution is 2.38. The van der Waals surface area contributed by atoms with E-state index in [2.05, 4.69) is 21.8 Å². The molecule has 1 saturated carbocycles. The van der Waals surface area contributed by atoms with E-state index in [-0.39, 0.29) is 0 Å². The molecule has 1 aromatic carbocycles. The van der Waals surface area contributed by atoms with Crippen LogP contribution in [0.15, 0.2) is 30.5 Å². The number of likely N-dealkylation sites (N-methyl/N-ethyl adjacent to an activating group) is 1. The average molecular weight is 391 g/mol. The summed E-state index contributed by atoms with van der Waals surface area (Å²) < 4.78 is 0. The van der Waals surface area contributed by atoms with Gasteiger partial charge in [0.05, 0.1) is 0 Å². The first kappa shape index (κ1) is 18.0. The van der Waals surface area contributed by atoms with Gasteiger partial charge in [-0.3, -0.25) is 4.90 Å². The van der Waals surface area contributed by atoms with E-state index in [1.54, 1.807) is 6.07 Å². The van der Waals surface area contributed by atoms with Crippen molar-refractivity contribution in [2.75, 3.05) is 25.0 Å².